The molecular weight excluding hydrogens is 258 g/mol. The van der Waals surface area contributed by atoms with Crippen molar-refractivity contribution in [1.82, 2.24) is 5.32 Å². The first-order valence-electron chi connectivity index (χ1n) is 8.16. The molecule has 1 N–H and O–H groups in total. The van der Waals surface area contributed by atoms with E-state index >= 15 is 0 Å². The Labute approximate surface area is 127 Å². The Morgan fingerprint density at radius 1 is 1.19 bits per heavy atom. The van der Waals surface area contributed by atoms with Crippen molar-refractivity contribution in [3.63, 3.8) is 0 Å². The van der Waals surface area contributed by atoms with Gasteiger partial charge in [-0.3, -0.25) is 0 Å². The molecule has 2 aromatic rings. The molecule has 1 aliphatic rings. The lowest BCUT2D eigenvalue weighted by molar-refractivity contribution is 0.176. The van der Waals surface area contributed by atoms with Gasteiger partial charge in [0.05, 0.1) is 6.61 Å². The number of hydrogen-bond donors (Lipinski definition) is 1. The van der Waals surface area contributed by atoms with Gasteiger partial charge in [-0.25, -0.2) is 0 Å². The van der Waals surface area contributed by atoms with Gasteiger partial charge in [0, 0.05) is 18.6 Å². The molecule has 2 aromatic carbocycles. The molecular formula is C19H25NO. The third-order valence-electron chi connectivity index (χ3n) is 4.51. The van der Waals surface area contributed by atoms with Crippen LogP contribution in [0.15, 0.2) is 42.5 Å². The fourth-order valence-corrected chi connectivity index (χ4v) is 3.31. The second-order valence-electron chi connectivity index (χ2n) is 6.03. The molecule has 0 spiro atoms. The smallest absolute Gasteiger partial charge is 0.0510 e. The summed E-state index contributed by atoms with van der Waals surface area (Å²) < 4.78 is 5.60. The van der Waals surface area contributed by atoms with Crippen LogP contribution < -0.4 is 5.32 Å². The van der Waals surface area contributed by atoms with Crippen LogP contribution in [0.5, 0.6) is 0 Å². The maximum Gasteiger partial charge on any atom is 0.0510 e. The lowest BCUT2D eigenvalue weighted by Crippen LogP contribution is -2.39. The summed E-state index contributed by atoms with van der Waals surface area (Å²) in [5.74, 6) is 0.649. The zero-order valence-electron chi connectivity index (χ0n) is 12.8. The minimum absolute atomic E-state index is 0.526. The number of ether oxygens (including phenoxy) is 1. The minimum Gasteiger partial charge on any atom is -0.381 e. The Kier molecular flexibility index (Phi) is 4.89. The zero-order valence-corrected chi connectivity index (χ0v) is 12.8. The lowest BCUT2D eigenvalue weighted by atomic mass is 9.90. The molecule has 1 aliphatic heterocycles. The van der Waals surface area contributed by atoms with E-state index in [1.54, 1.807) is 0 Å². The van der Waals surface area contributed by atoms with Gasteiger partial charge >= 0.3 is 0 Å². The normalized spacial score (nSPS) is 20.0. The van der Waals surface area contributed by atoms with Crippen LogP contribution in [0, 0.1) is 5.92 Å². The fourth-order valence-electron chi connectivity index (χ4n) is 3.31. The van der Waals surface area contributed by atoms with Crippen molar-refractivity contribution < 1.29 is 4.74 Å². The standard InChI is InChI=1S/C19H25NO/c1-2-11-20-19(17-10-12-21-14-17)13-16-8-5-7-15-6-3-4-9-18(15)16/h3-9,17,19-20H,2,10-14H2,1H3. The van der Waals surface area contributed by atoms with Gasteiger partial charge in [0.1, 0.15) is 0 Å². The van der Waals surface area contributed by atoms with Crippen molar-refractivity contribution in [2.75, 3.05) is 19.8 Å². The van der Waals surface area contributed by atoms with Gasteiger partial charge in [-0.2, -0.15) is 0 Å². The summed E-state index contributed by atoms with van der Waals surface area (Å²) >= 11 is 0. The molecule has 21 heavy (non-hydrogen) atoms. The SMILES string of the molecule is CCCNC(Cc1cccc2ccccc12)C1CCOC1. The minimum atomic E-state index is 0.526. The van der Waals surface area contributed by atoms with Gasteiger partial charge in [0.2, 0.25) is 0 Å². The third-order valence-corrected chi connectivity index (χ3v) is 4.51. The number of benzene rings is 2. The van der Waals surface area contributed by atoms with Gasteiger partial charge in [0.25, 0.3) is 0 Å². The predicted octanol–water partition coefficient (Wildman–Crippen LogP) is 3.79. The molecule has 0 aliphatic carbocycles. The number of fused-ring (bicyclic) bond motifs is 1. The Balaban J connectivity index is 1.82. The highest BCUT2D eigenvalue weighted by Crippen LogP contribution is 2.24. The lowest BCUT2D eigenvalue weighted by Gasteiger charge is -2.24. The van der Waals surface area contributed by atoms with Gasteiger partial charge in [0.15, 0.2) is 0 Å². The maximum atomic E-state index is 5.60. The van der Waals surface area contributed by atoms with Gasteiger partial charge < -0.3 is 10.1 Å². The topological polar surface area (TPSA) is 21.3 Å². The van der Waals surface area contributed by atoms with Crippen LogP contribution in [0.4, 0.5) is 0 Å². The van der Waals surface area contributed by atoms with E-state index in [9.17, 15) is 0 Å². The van der Waals surface area contributed by atoms with Gasteiger partial charge in [-0.15, -0.1) is 0 Å². The summed E-state index contributed by atoms with van der Waals surface area (Å²) in [4.78, 5) is 0. The molecule has 0 saturated carbocycles. The zero-order chi connectivity index (χ0) is 14.5. The molecule has 0 radical (unpaired) electrons. The Morgan fingerprint density at radius 3 is 2.86 bits per heavy atom. The maximum absolute atomic E-state index is 5.60. The van der Waals surface area contributed by atoms with E-state index in [0.717, 1.165) is 26.2 Å². The first kappa shape index (κ1) is 14.6. The summed E-state index contributed by atoms with van der Waals surface area (Å²) in [5, 5.41) is 6.48. The molecule has 0 amide bonds. The van der Waals surface area contributed by atoms with Crippen LogP contribution in [0.3, 0.4) is 0 Å². The molecule has 2 atom stereocenters. The Bertz CT molecular complexity index is 569. The van der Waals surface area contributed by atoms with E-state index in [0.29, 0.717) is 12.0 Å². The fraction of sp³-hybridized carbons (Fsp3) is 0.474. The second-order valence-corrected chi connectivity index (χ2v) is 6.03. The molecule has 1 heterocycles. The van der Waals surface area contributed by atoms with Crippen LogP contribution in [0.25, 0.3) is 10.8 Å². The van der Waals surface area contributed by atoms with Crippen molar-refractivity contribution in [1.29, 1.82) is 0 Å². The molecule has 2 heteroatoms. The van der Waals surface area contributed by atoms with Gasteiger partial charge in [-0.05, 0) is 42.1 Å². The third kappa shape index (κ3) is 3.45. The molecule has 2 unspecified atom stereocenters. The molecule has 2 nitrogen and oxygen atoms in total. The van der Waals surface area contributed by atoms with E-state index in [1.165, 1.54) is 29.2 Å². The predicted molar refractivity (Wildman–Crippen MR) is 88.7 cm³/mol. The van der Waals surface area contributed by atoms with Crippen molar-refractivity contribution in [2.45, 2.75) is 32.2 Å². The summed E-state index contributed by atoms with van der Waals surface area (Å²) in [5.41, 5.74) is 1.45. The van der Waals surface area contributed by atoms with E-state index in [-0.39, 0.29) is 0 Å². The van der Waals surface area contributed by atoms with Crippen LogP contribution in [-0.4, -0.2) is 25.8 Å². The van der Waals surface area contributed by atoms with Crippen LogP contribution in [0.1, 0.15) is 25.3 Å². The highest BCUT2D eigenvalue weighted by Gasteiger charge is 2.25. The van der Waals surface area contributed by atoms with Crippen molar-refractivity contribution >= 4 is 10.8 Å². The van der Waals surface area contributed by atoms with E-state index in [2.05, 4.69) is 54.7 Å². The Morgan fingerprint density at radius 2 is 2.05 bits per heavy atom. The van der Waals surface area contributed by atoms with Crippen molar-refractivity contribution in [3.8, 4) is 0 Å². The molecule has 1 fully saturated rings. The average molecular weight is 283 g/mol. The van der Waals surface area contributed by atoms with Crippen molar-refractivity contribution in [3.05, 3.63) is 48.0 Å². The number of hydrogen-bond acceptors (Lipinski definition) is 2. The van der Waals surface area contributed by atoms with Crippen LogP contribution >= 0.6 is 0 Å². The molecule has 112 valence electrons. The molecule has 0 bridgehead atoms. The number of nitrogens with one attached hydrogen (secondary N) is 1. The largest absolute Gasteiger partial charge is 0.381 e. The number of rotatable bonds is 6. The van der Waals surface area contributed by atoms with Crippen LogP contribution in [-0.2, 0) is 11.2 Å². The van der Waals surface area contributed by atoms with Crippen LogP contribution in [0.2, 0.25) is 0 Å². The van der Waals surface area contributed by atoms with Gasteiger partial charge in [-0.1, -0.05) is 49.4 Å². The quantitative estimate of drug-likeness (QED) is 0.871. The first-order chi connectivity index (χ1) is 10.4. The monoisotopic (exact) mass is 283 g/mol. The molecule has 3 rings (SSSR count). The van der Waals surface area contributed by atoms with E-state index in [1.807, 2.05) is 0 Å². The Hall–Kier alpha value is -1.38. The van der Waals surface area contributed by atoms with Crippen molar-refractivity contribution in [2.24, 2.45) is 5.92 Å². The highest BCUT2D eigenvalue weighted by molar-refractivity contribution is 5.85. The second kappa shape index (κ2) is 7.06. The first-order valence-corrected chi connectivity index (χ1v) is 8.16. The summed E-state index contributed by atoms with van der Waals surface area (Å²) in [6.45, 7) is 5.15. The summed E-state index contributed by atoms with van der Waals surface area (Å²) in [7, 11) is 0. The molecule has 0 aromatic heterocycles. The molecule has 1 saturated heterocycles. The summed E-state index contributed by atoms with van der Waals surface area (Å²) in [6.07, 6.45) is 3.46. The summed E-state index contributed by atoms with van der Waals surface area (Å²) in [6, 6.07) is 15.9. The van der Waals surface area contributed by atoms with E-state index < -0.39 is 0 Å². The van der Waals surface area contributed by atoms with E-state index in [4.69, 9.17) is 4.74 Å². The highest BCUT2D eigenvalue weighted by atomic mass is 16.5. The average Bonchev–Trinajstić information content (AvgIpc) is 3.06.